The van der Waals surface area contributed by atoms with Gasteiger partial charge in [0.15, 0.2) is 11.7 Å². The number of esters is 5. The third-order valence-corrected chi connectivity index (χ3v) is 8.60. The lowest BCUT2D eigenvalue weighted by molar-refractivity contribution is -0.255. The number of carbonyl (C=O) groups is 5. The fourth-order valence-electron chi connectivity index (χ4n) is 6.81. The number of hydrogen-bond donors (Lipinski definition) is 2. The number of ether oxygens (including phenoxy) is 6. The number of hydrogen-bond acceptors (Lipinski definition) is 13. The van der Waals surface area contributed by atoms with Gasteiger partial charge in [0.1, 0.15) is 30.0 Å². The lowest BCUT2D eigenvalue weighted by Crippen LogP contribution is -2.71. The topological polar surface area (TPSA) is 184 Å². The predicted molar refractivity (Wildman–Crippen MR) is 135 cm³/mol. The van der Waals surface area contributed by atoms with E-state index in [0.717, 1.165) is 13.8 Å². The smallest absolute Gasteiger partial charge is 0.312 e. The van der Waals surface area contributed by atoms with Gasteiger partial charge in [-0.15, -0.1) is 0 Å². The zero-order chi connectivity index (χ0) is 30.5. The fourth-order valence-corrected chi connectivity index (χ4v) is 6.81. The van der Waals surface area contributed by atoms with Gasteiger partial charge in [0.2, 0.25) is 0 Å². The summed E-state index contributed by atoms with van der Waals surface area (Å²) in [6.45, 7) is 7.15. The maximum atomic E-state index is 12.9. The average Bonchev–Trinajstić information content (AvgIpc) is 3.58. The van der Waals surface area contributed by atoms with Gasteiger partial charge in [-0.3, -0.25) is 24.0 Å². The molecule has 3 fully saturated rings. The minimum atomic E-state index is -2.21. The molecule has 226 valence electrons. The normalized spacial score (nSPS) is 43.3. The molecule has 0 amide bonds. The van der Waals surface area contributed by atoms with Crippen LogP contribution in [0.5, 0.6) is 0 Å². The van der Waals surface area contributed by atoms with E-state index in [-0.39, 0.29) is 18.6 Å². The molecule has 1 saturated carbocycles. The Morgan fingerprint density at radius 3 is 2.05 bits per heavy atom. The second-order valence-electron chi connectivity index (χ2n) is 11.4. The Bertz CT molecular complexity index is 1190. The number of rotatable bonds is 5. The molecule has 0 aromatic rings. The zero-order valence-electron chi connectivity index (χ0n) is 23.8. The second kappa shape index (κ2) is 10.8. The summed E-state index contributed by atoms with van der Waals surface area (Å²) < 4.78 is 34.6. The number of fused-ring (bicyclic) bond motifs is 3. The fraction of sp³-hybridized carbons (Fsp3) is 0.679. The van der Waals surface area contributed by atoms with Gasteiger partial charge in [0, 0.05) is 40.0 Å². The molecule has 2 aliphatic carbocycles. The van der Waals surface area contributed by atoms with Crippen molar-refractivity contribution >= 4 is 29.8 Å². The summed E-state index contributed by atoms with van der Waals surface area (Å²) in [5.41, 5.74) is -4.88. The van der Waals surface area contributed by atoms with Gasteiger partial charge in [0.05, 0.1) is 24.5 Å². The van der Waals surface area contributed by atoms with Crippen molar-refractivity contribution in [2.75, 3.05) is 13.2 Å². The highest BCUT2D eigenvalue weighted by Gasteiger charge is 2.76. The SMILES string of the molecule is CC(=O)O[C@H]1C[C@]2(CO2)[C@@H]2[C@H](OC(C)=O)[C@@]3(O)[C@H](/C=C(CO)\C=C/[C@H](OC(C)=O)[C@@]2(C)[C@H]1OC(C)=O)OC(=O)[C@@H]3C. The monoisotopic (exact) mass is 580 g/mol. The summed E-state index contributed by atoms with van der Waals surface area (Å²) in [6.07, 6.45) is -2.40. The number of aliphatic hydroxyl groups is 2. The van der Waals surface area contributed by atoms with Crippen molar-refractivity contribution in [2.24, 2.45) is 17.3 Å². The van der Waals surface area contributed by atoms with E-state index in [1.54, 1.807) is 6.92 Å². The lowest BCUT2D eigenvalue weighted by Gasteiger charge is -2.57. The van der Waals surface area contributed by atoms with Crippen LogP contribution in [0.15, 0.2) is 23.8 Å². The van der Waals surface area contributed by atoms with Crippen LogP contribution < -0.4 is 0 Å². The second-order valence-corrected chi connectivity index (χ2v) is 11.4. The molecule has 0 unspecified atom stereocenters. The molecule has 1 spiro atoms. The maximum Gasteiger partial charge on any atom is 0.312 e. The van der Waals surface area contributed by atoms with Gasteiger partial charge in [-0.25, -0.2) is 0 Å². The number of carbonyl (C=O) groups excluding carboxylic acids is 5. The summed E-state index contributed by atoms with van der Waals surface area (Å²) >= 11 is 0. The molecule has 10 atom stereocenters. The third-order valence-electron chi connectivity index (χ3n) is 8.60. The standard InChI is InChI=1S/C28H36O13/c1-13-25(34)41-21-9-18(11-29)7-8-20(38-15(3)31)26(6)22(24(28(13,21)35)40-17(5)33)27(12-36-27)10-19(37-14(2)30)23(26)39-16(4)32/h7-9,13,19-24,29,35H,10-12H2,1-6H3/b8-7-,18-9+/t13-,19-,20-,21-,22+,23-,24-,26+,27-,28-/m0/s1. The van der Waals surface area contributed by atoms with Crippen LogP contribution in [-0.4, -0.2) is 95.0 Å². The van der Waals surface area contributed by atoms with Crippen molar-refractivity contribution < 1.29 is 62.6 Å². The Balaban J connectivity index is 2.09. The minimum Gasteiger partial charge on any atom is -0.459 e. The molecule has 0 aromatic carbocycles. The molecule has 13 nitrogen and oxygen atoms in total. The van der Waals surface area contributed by atoms with Crippen LogP contribution in [0, 0.1) is 17.3 Å². The Labute approximate surface area is 236 Å². The molecule has 4 rings (SSSR count). The highest BCUT2D eigenvalue weighted by atomic mass is 16.6. The van der Waals surface area contributed by atoms with E-state index in [2.05, 4.69) is 0 Å². The van der Waals surface area contributed by atoms with E-state index in [4.69, 9.17) is 28.4 Å². The largest absolute Gasteiger partial charge is 0.459 e. The summed E-state index contributed by atoms with van der Waals surface area (Å²) in [5, 5.41) is 22.5. The highest BCUT2D eigenvalue weighted by molar-refractivity contribution is 5.78. The van der Waals surface area contributed by atoms with Crippen molar-refractivity contribution in [1.29, 1.82) is 0 Å². The first-order valence-electron chi connectivity index (χ1n) is 13.4. The summed E-state index contributed by atoms with van der Waals surface area (Å²) in [5.74, 6) is -6.07. The van der Waals surface area contributed by atoms with Gasteiger partial charge in [-0.05, 0) is 24.6 Å². The van der Waals surface area contributed by atoms with Crippen LogP contribution in [0.25, 0.3) is 0 Å². The van der Waals surface area contributed by atoms with Crippen molar-refractivity contribution in [3.05, 3.63) is 23.8 Å². The molecule has 13 heteroatoms. The number of epoxide rings is 1. The van der Waals surface area contributed by atoms with E-state index >= 15 is 0 Å². The van der Waals surface area contributed by atoms with Crippen LogP contribution in [0.4, 0.5) is 0 Å². The molecular formula is C28H36O13. The minimum absolute atomic E-state index is 0.0271. The summed E-state index contributed by atoms with van der Waals surface area (Å²) in [7, 11) is 0. The molecule has 2 saturated heterocycles. The molecule has 0 radical (unpaired) electrons. The van der Waals surface area contributed by atoms with E-state index < -0.39 is 95.4 Å². The molecule has 2 heterocycles. The van der Waals surface area contributed by atoms with Crippen molar-refractivity contribution in [3.8, 4) is 0 Å². The lowest BCUT2D eigenvalue weighted by atomic mass is 9.52. The van der Waals surface area contributed by atoms with Gasteiger partial charge in [-0.2, -0.15) is 0 Å². The first-order chi connectivity index (χ1) is 19.1. The average molecular weight is 581 g/mol. The Kier molecular flexibility index (Phi) is 8.11. The predicted octanol–water partition coefficient (Wildman–Crippen LogP) is 0.290. The third kappa shape index (κ3) is 5.26. The zero-order valence-corrected chi connectivity index (χ0v) is 23.8. The van der Waals surface area contributed by atoms with Crippen molar-refractivity contribution in [2.45, 2.75) is 89.7 Å². The van der Waals surface area contributed by atoms with Gasteiger partial charge in [0.25, 0.3) is 0 Å². The Morgan fingerprint density at radius 1 is 0.976 bits per heavy atom. The van der Waals surface area contributed by atoms with Gasteiger partial charge < -0.3 is 38.6 Å². The molecule has 2 aliphatic heterocycles. The summed E-state index contributed by atoms with van der Waals surface area (Å²) in [4.78, 5) is 62.7. The Hall–Kier alpha value is -3.29. The first-order valence-corrected chi connectivity index (χ1v) is 13.4. The molecule has 0 bridgehead atoms. The van der Waals surface area contributed by atoms with E-state index in [1.807, 2.05) is 0 Å². The molecule has 41 heavy (non-hydrogen) atoms. The molecular weight excluding hydrogens is 544 g/mol. The highest BCUT2D eigenvalue weighted by Crippen LogP contribution is 2.62. The molecule has 2 N–H and O–H groups in total. The van der Waals surface area contributed by atoms with E-state index in [0.29, 0.717) is 0 Å². The van der Waals surface area contributed by atoms with E-state index in [1.165, 1.54) is 39.0 Å². The van der Waals surface area contributed by atoms with Crippen molar-refractivity contribution in [1.82, 2.24) is 0 Å². The summed E-state index contributed by atoms with van der Waals surface area (Å²) in [6, 6.07) is 0. The van der Waals surface area contributed by atoms with Crippen LogP contribution in [-0.2, 0) is 52.4 Å². The van der Waals surface area contributed by atoms with Gasteiger partial charge >= 0.3 is 29.8 Å². The maximum absolute atomic E-state index is 12.9. The van der Waals surface area contributed by atoms with Crippen LogP contribution in [0.2, 0.25) is 0 Å². The van der Waals surface area contributed by atoms with Crippen molar-refractivity contribution in [3.63, 3.8) is 0 Å². The molecule has 4 aliphatic rings. The Morgan fingerprint density at radius 2 is 1.54 bits per heavy atom. The van der Waals surface area contributed by atoms with Crippen LogP contribution >= 0.6 is 0 Å². The van der Waals surface area contributed by atoms with E-state index in [9.17, 15) is 34.2 Å². The van der Waals surface area contributed by atoms with Crippen LogP contribution in [0.1, 0.15) is 48.0 Å². The molecule has 0 aromatic heterocycles. The first kappa shape index (κ1) is 30.7. The van der Waals surface area contributed by atoms with Gasteiger partial charge in [-0.1, -0.05) is 13.0 Å². The van der Waals surface area contributed by atoms with Crippen LogP contribution in [0.3, 0.4) is 0 Å². The quantitative estimate of drug-likeness (QED) is 0.257. The number of aliphatic hydroxyl groups excluding tert-OH is 1.